The molecule has 1 aromatic carbocycles. The minimum absolute atomic E-state index is 0.426. The number of methoxy groups -OCH3 is 1. The number of nitrogens with one attached hydrogen (secondary N) is 1. The molecule has 1 aromatic heterocycles. The molecule has 6 heteroatoms. The van der Waals surface area contributed by atoms with Gasteiger partial charge in [-0.15, -0.1) is 0 Å². The largest absolute Gasteiger partial charge is 0.496 e. The Morgan fingerprint density at radius 3 is 2.79 bits per heavy atom. The molecule has 2 heterocycles. The fraction of sp³-hybridized carbons (Fsp3) is 0.333. The second kappa shape index (κ2) is 8.31. The van der Waals surface area contributed by atoms with Crippen LogP contribution < -0.4 is 19.7 Å². The molecule has 1 aliphatic heterocycles. The van der Waals surface area contributed by atoms with Crippen LogP contribution in [0.25, 0.3) is 6.08 Å². The van der Waals surface area contributed by atoms with Gasteiger partial charge in [-0.2, -0.15) is 0 Å². The maximum atomic E-state index is 5.82. The number of piperazine rings is 1. The molecule has 0 aliphatic carbocycles. The molecule has 6 nitrogen and oxygen atoms in total. The molecule has 0 atom stereocenters. The minimum Gasteiger partial charge on any atom is -0.496 e. The van der Waals surface area contributed by atoms with Crippen LogP contribution in [0.3, 0.4) is 0 Å². The van der Waals surface area contributed by atoms with Crippen LogP contribution in [0.1, 0.15) is 5.56 Å². The van der Waals surface area contributed by atoms with Crippen molar-refractivity contribution in [2.45, 2.75) is 0 Å². The van der Waals surface area contributed by atoms with Crippen molar-refractivity contribution in [2.75, 3.05) is 44.8 Å². The summed E-state index contributed by atoms with van der Waals surface area (Å²) in [4.78, 5) is 11.0. The number of aromatic nitrogens is 2. The molecule has 126 valence electrons. The van der Waals surface area contributed by atoms with E-state index in [1.165, 1.54) is 0 Å². The van der Waals surface area contributed by atoms with Crippen LogP contribution in [0.4, 0.5) is 5.82 Å². The van der Waals surface area contributed by atoms with Gasteiger partial charge in [-0.25, -0.2) is 9.97 Å². The minimum atomic E-state index is 0.426. The Kier molecular flexibility index (Phi) is 5.63. The van der Waals surface area contributed by atoms with Crippen molar-refractivity contribution in [3.8, 4) is 11.6 Å². The van der Waals surface area contributed by atoms with Gasteiger partial charge in [-0.1, -0.05) is 24.3 Å². The molecular formula is C18H22N4O2. The van der Waals surface area contributed by atoms with Gasteiger partial charge in [-0.3, -0.25) is 0 Å². The van der Waals surface area contributed by atoms with E-state index in [0.29, 0.717) is 12.5 Å². The van der Waals surface area contributed by atoms with E-state index in [4.69, 9.17) is 9.47 Å². The first kappa shape index (κ1) is 16.3. The highest BCUT2D eigenvalue weighted by Crippen LogP contribution is 2.23. The second-order valence-electron chi connectivity index (χ2n) is 5.38. The first-order valence-corrected chi connectivity index (χ1v) is 8.07. The lowest BCUT2D eigenvalue weighted by molar-refractivity contribution is 0.346. The maximum absolute atomic E-state index is 5.82. The van der Waals surface area contributed by atoms with E-state index in [1.54, 1.807) is 19.5 Å². The summed E-state index contributed by atoms with van der Waals surface area (Å²) in [6.45, 7) is 4.14. The van der Waals surface area contributed by atoms with Crippen LogP contribution in [0.5, 0.6) is 11.6 Å². The van der Waals surface area contributed by atoms with Gasteiger partial charge in [0.1, 0.15) is 12.4 Å². The molecule has 2 aromatic rings. The zero-order chi connectivity index (χ0) is 16.6. The second-order valence-corrected chi connectivity index (χ2v) is 5.38. The Hall–Kier alpha value is -2.60. The summed E-state index contributed by atoms with van der Waals surface area (Å²) < 4.78 is 11.2. The lowest BCUT2D eigenvalue weighted by Gasteiger charge is -2.28. The summed E-state index contributed by atoms with van der Waals surface area (Å²) in [6, 6.07) is 7.87. The molecule has 1 fully saturated rings. The van der Waals surface area contributed by atoms with Gasteiger partial charge in [-0.05, 0) is 12.1 Å². The highest BCUT2D eigenvalue weighted by Gasteiger charge is 2.16. The first-order valence-electron chi connectivity index (χ1n) is 8.07. The van der Waals surface area contributed by atoms with Crippen LogP contribution in [0, 0.1) is 0 Å². The van der Waals surface area contributed by atoms with Crippen LogP contribution >= 0.6 is 0 Å². The fourth-order valence-corrected chi connectivity index (χ4v) is 2.62. The molecule has 1 N–H and O–H groups in total. The molecular weight excluding hydrogens is 304 g/mol. The van der Waals surface area contributed by atoms with Gasteiger partial charge in [0.25, 0.3) is 5.88 Å². The summed E-state index contributed by atoms with van der Waals surface area (Å²) >= 11 is 0. The molecule has 0 radical (unpaired) electrons. The van der Waals surface area contributed by atoms with Gasteiger partial charge < -0.3 is 19.7 Å². The van der Waals surface area contributed by atoms with E-state index in [9.17, 15) is 0 Å². The zero-order valence-corrected chi connectivity index (χ0v) is 13.8. The summed E-state index contributed by atoms with van der Waals surface area (Å²) in [5.74, 6) is 2.23. The average molecular weight is 326 g/mol. The number of para-hydroxylation sites is 1. The van der Waals surface area contributed by atoms with Gasteiger partial charge >= 0.3 is 0 Å². The summed E-state index contributed by atoms with van der Waals surface area (Å²) in [6.07, 6.45) is 7.30. The number of hydrogen-bond acceptors (Lipinski definition) is 6. The SMILES string of the molecule is COc1ccccc1C=CCOc1nccnc1N1CCNCC1. The van der Waals surface area contributed by atoms with Gasteiger partial charge in [0.05, 0.1) is 7.11 Å². The van der Waals surface area contributed by atoms with Crippen LogP contribution in [-0.4, -0.2) is 49.9 Å². The predicted octanol–water partition coefficient (Wildman–Crippen LogP) is 1.99. The third-order valence-electron chi connectivity index (χ3n) is 3.82. The Morgan fingerprint density at radius 2 is 1.96 bits per heavy atom. The van der Waals surface area contributed by atoms with E-state index in [0.717, 1.165) is 43.3 Å². The smallest absolute Gasteiger partial charge is 0.257 e. The summed E-state index contributed by atoms with van der Waals surface area (Å²) in [5.41, 5.74) is 1.02. The maximum Gasteiger partial charge on any atom is 0.257 e. The molecule has 0 amide bonds. The van der Waals surface area contributed by atoms with E-state index in [2.05, 4.69) is 20.2 Å². The Bertz CT molecular complexity index is 684. The van der Waals surface area contributed by atoms with Gasteiger partial charge in [0.2, 0.25) is 0 Å². The monoisotopic (exact) mass is 326 g/mol. The Balaban J connectivity index is 1.63. The van der Waals surface area contributed by atoms with Crippen molar-refractivity contribution in [1.29, 1.82) is 0 Å². The van der Waals surface area contributed by atoms with Crippen molar-refractivity contribution in [1.82, 2.24) is 15.3 Å². The van der Waals surface area contributed by atoms with E-state index >= 15 is 0 Å². The summed E-state index contributed by atoms with van der Waals surface area (Å²) in [5, 5.41) is 3.33. The molecule has 1 aliphatic rings. The van der Waals surface area contributed by atoms with Crippen LogP contribution in [0.15, 0.2) is 42.7 Å². The number of benzene rings is 1. The molecule has 0 saturated carbocycles. The molecule has 0 spiro atoms. The average Bonchev–Trinajstić information content (AvgIpc) is 2.66. The Labute approximate surface area is 142 Å². The standard InChI is InChI=1S/C18H22N4O2/c1-23-16-7-3-2-5-15(16)6-4-14-24-18-17(20-8-9-21-18)22-12-10-19-11-13-22/h2-9,19H,10-14H2,1H3. The summed E-state index contributed by atoms with van der Waals surface area (Å²) in [7, 11) is 1.67. The lowest BCUT2D eigenvalue weighted by atomic mass is 10.2. The van der Waals surface area contributed by atoms with E-state index in [-0.39, 0.29) is 0 Å². The van der Waals surface area contributed by atoms with Crippen molar-refractivity contribution in [3.63, 3.8) is 0 Å². The van der Waals surface area contributed by atoms with Crippen molar-refractivity contribution >= 4 is 11.9 Å². The number of nitrogens with zero attached hydrogens (tertiary/aromatic N) is 3. The highest BCUT2D eigenvalue weighted by molar-refractivity contribution is 5.57. The van der Waals surface area contributed by atoms with E-state index in [1.807, 2.05) is 36.4 Å². The first-order chi connectivity index (χ1) is 11.9. The fourth-order valence-electron chi connectivity index (χ4n) is 2.62. The van der Waals surface area contributed by atoms with Gasteiger partial charge in [0.15, 0.2) is 5.82 Å². The van der Waals surface area contributed by atoms with Crippen molar-refractivity contribution < 1.29 is 9.47 Å². The normalized spacial score (nSPS) is 14.8. The number of anilines is 1. The number of hydrogen-bond donors (Lipinski definition) is 1. The Morgan fingerprint density at radius 1 is 1.17 bits per heavy atom. The molecule has 24 heavy (non-hydrogen) atoms. The zero-order valence-electron chi connectivity index (χ0n) is 13.8. The van der Waals surface area contributed by atoms with Crippen LogP contribution in [0.2, 0.25) is 0 Å². The third-order valence-corrected chi connectivity index (χ3v) is 3.82. The van der Waals surface area contributed by atoms with Crippen molar-refractivity contribution in [2.24, 2.45) is 0 Å². The lowest BCUT2D eigenvalue weighted by Crippen LogP contribution is -2.44. The molecule has 0 bridgehead atoms. The topological polar surface area (TPSA) is 59.5 Å². The molecule has 1 saturated heterocycles. The van der Waals surface area contributed by atoms with Gasteiger partial charge in [0, 0.05) is 44.1 Å². The number of rotatable bonds is 6. The predicted molar refractivity (Wildman–Crippen MR) is 94.6 cm³/mol. The van der Waals surface area contributed by atoms with Crippen molar-refractivity contribution in [3.05, 3.63) is 48.3 Å². The molecule has 3 rings (SSSR count). The van der Waals surface area contributed by atoms with Crippen LogP contribution in [-0.2, 0) is 0 Å². The van der Waals surface area contributed by atoms with E-state index < -0.39 is 0 Å². The number of ether oxygens (including phenoxy) is 2. The quantitative estimate of drug-likeness (QED) is 0.876. The third kappa shape index (κ3) is 4.02. The molecule has 0 unspecified atom stereocenters. The highest BCUT2D eigenvalue weighted by atomic mass is 16.5.